The zero-order chi connectivity index (χ0) is 23.5. The minimum absolute atomic E-state index is 0.0109. The third-order valence-corrected chi connectivity index (χ3v) is 7.55. The van der Waals surface area contributed by atoms with Gasteiger partial charge >= 0.3 is 11.9 Å². The molecular weight excluding hydrogens is 408 g/mol. The van der Waals surface area contributed by atoms with Crippen LogP contribution in [0.5, 0.6) is 0 Å². The van der Waals surface area contributed by atoms with E-state index in [1.165, 1.54) is 51.4 Å². The van der Waals surface area contributed by atoms with Gasteiger partial charge in [-0.3, -0.25) is 0 Å². The van der Waals surface area contributed by atoms with Crippen LogP contribution in [0.3, 0.4) is 0 Å². The summed E-state index contributed by atoms with van der Waals surface area (Å²) in [5.41, 5.74) is 0.0218. The summed E-state index contributed by atoms with van der Waals surface area (Å²) in [6.45, 7) is 8.63. The zero-order valence-corrected chi connectivity index (χ0v) is 19.7. The fourth-order valence-corrected chi connectivity index (χ4v) is 5.46. The Morgan fingerprint density at radius 1 is 0.812 bits per heavy atom. The molecule has 6 heteroatoms. The van der Waals surface area contributed by atoms with E-state index in [1.807, 2.05) is 0 Å². The van der Waals surface area contributed by atoms with Crippen molar-refractivity contribution in [1.29, 1.82) is 0 Å². The Hall–Kier alpha value is -1.66. The van der Waals surface area contributed by atoms with E-state index in [2.05, 4.69) is 20.1 Å². The normalized spacial score (nSPS) is 25.9. The number of carbonyl (C=O) groups is 2. The predicted molar refractivity (Wildman–Crippen MR) is 124 cm³/mol. The lowest BCUT2D eigenvalue weighted by Crippen LogP contribution is -2.33. The first-order chi connectivity index (χ1) is 15.4. The number of aliphatic hydroxyl groups is 2. The van der Waals surface area contributed by atoms with Gasteiger partial charge in [-0.2, -0.15) is 0 Å². The summed E-state index contributed by atoms with van der Waals surface area (Å²) in [4.78, 5) is 23.9. The Morgan fingerprint density at radius 2 is 1.25 bits per heavy atom. The van der Waals surface area contributed by atoms with Crippen LogP contribution in [-0.2, 0) is 19.1 Å². The molecular formula is C26H42O6. The summed E-state index contributed by atoms with van der Waals surface area (Å²) < 4.78 is 10.7. The van der Waals surface area contributed by atoms with Gasteiger partial charge in [-0.15, -0.1) is 0 Å². The number of hydrogen-bond acceptors (Lipinski definition) is 6. The van der Waals surface area contributed by atoms with Crippen LogP contribution in [0.2, 0.25) is 0 Å². The molecule has 0 bridgehead atoms. The molecule has 0 unspecified atom stereocenters. The second-order valence-corrected chi connectivity index (χ2v) is 9.72. The Morgan fingerprint density at radius 3 is 1.66 bits per heavy atom. The fourth-order valence-electron chi connectivity index (χ4n) is 5.46. The molecule has 32 heavy (non-hydrogen) atoms. The maximum Gasteiger partial charge on any atom is 0.335 e. The van der Waals surface area contributed by atoms with Gasteiger partial charge in [0.1, 0.15) is 0 Å². The van der Waals surface area contributed by atoms with Gasteiger partial charge in [0.25, 0.3) is 0 Å². The maximum absolute atomic E-state index is 11.9. The summed E-state index contributed by atoms with van der Waals surface area (Å²) in [6.07, 6.45) is 12.5. The molecule has 2 aliphatic rings. The van der Waals surface area contributed by atoms with Crippen molar-refractivity contribution in [3.63, 3.8) is 0 Å². The van der Waals surface area contributed by atoms with Gasteiger partial charge in [-0.05, 0) is 62.2 Å². The standard InChI is InChI=1S/C26H42O6/c1-4-5-20-6-8-21(9-7-20)22-10-12-23(13-11-22)24(16-31-25(29)18(2)14-27)17-32-26(30)19(3)15-28/h20-24,27-28H,2-17H2,1H3. The molecule has 0 aliphatic heterocycles. The van der Waals surface area contributed by atoms with Gasteiger partial charge in [-0.25, -0.2) is 9.59 Å². The first-order valence-electron chi connectivity index (χ1n) is 12.3. The fraction of sp³-hybridized carbons (Fsp3) is 0.769. The molecule has 2 N–H and O–H groups in total. The van der Waals surface area contributed by atoms with Crippen molar-refractivity contribution in [2.45, 2.75) is 71.1 Å². The largest absolute Gasteiger partial charge is 0.462 e. The quantitative estimate of drug-likeness (QED) is 0.342. The molecule has 0 aromatic heterocycles. The second-order valence-electron chi connectivity index (χ2n) is 9.72. The predicted octanol–water partition coefficient (Wildman–Crippen LogP) is 4.20. The molecule has 6 nitrogen and oxygen atoms in total. The number of esters is 2. The summed E-state index contributed by atoms with van der Waals surface area (Å²) in [7, 11) is 0. The number of rotatable bonds is 12. The van der Waals surface area contributed by atoms with Crippen LogP contribution in [-0.4, -0.2) is 48.6 Å². The summed E-state index contributed by atoms with van der Waals surface area (Å²) in [5.74, 6) is 1.45. The molecule has 0 amide bonds. The van der Waals surface area contributed by atoms with Gasteiger partial charge in [-0.1, -0.05) is 45.8 Å². The summed E-state index contributed by atoms with van der Waals surface area (Å²) in [6, 6.07) is 0. The molecule has 2 saturated carbocycles. The average Bonchev–Trinajstić information content (AvgIpc) is 2.83. The maximum atomic E-state index is 11.9. The molecule has 2 aliphatic carbocycles. The van der Waals surface area contributed by atoms with E-state index in [4.69, 9.17) is 19.7 Å². The highest BCUT2D eigenvalue weighted by atomic mass is 16.5. The van der Waals surface area contributed by atoms with Gasteiger partial charge < -0.3 is 19.7 Å². The number of carbonyl (C=O) groups excluding carboxylic acids is 2. The minimum atomic E-state index is -0.624. The minimum Gasteiger partial charge on any atom is -0.462 e. The molecule has 0 aromatic carbocycles. The highest BCUT2D eigenvalue weighted by molar-refractivity contribution is 5.88. The number of ether oxygens (including phenoxy) is 2. The van der Waals surface area contributed by atoms with Crippen LogP contribution in [0.1, 0.15) is 71.1 Å². The van der Waals surface area contributed by atoms with E-state index in [-0.39, 0.29) is 30.3 Å². The van der Waals surface area contributed by atoms with Crippen molar-refractivity contribution in [3.05, 3.63) is 24.3 Å². The lowest BCUT2D eigenvalue weighted by atomic mass is 9.67. The highest BCUT2D eigenvalue weighted by Gasteiger charge is 2.34. The van der Waals surface area contributed by atoms with Crippen molar-refractivity contribution in [1.82, 2.24) is 0 Å². The van der Waals surface area contributed by atoms with E-state index in [9.17, 15) is 9.59 Å². The van der Waals surface area contributed by atoms with E-state index < -0.39 is 25.2 Å². The lowest BCUT2D eigenvalue weighted by Gasteiger charge is -2.39. The number of hydrogen-bond donors (Lipinski definition) is 2. The molecule has 182 valence electrons. The van der Waals surface area contributed by atoms with Crippen LogP contribution in [0.25, 0.3) is 0 Å². The second kappa shape index (κ2) is 13.8. The SMILES string of the molecule is C=C(CO)C(=O)OCC(COC(=O)C(=C)CO)C1CCC(C2CCC(CCC)CC2)CC1. The Balaban J connectivity index is 1.88. The average molecular weight is 451 g/mol. The Bertz CT molecular complexity index is 594. The van der Waals surface area contributed by atoms with E-state index in [0.717, 1.165) is 30.6 Å². The van der Waals surface area contributed by atoms with E-state index in [1.54, 1.807) is 0 Å². The molecule has 2 fully saturated rings. The Kier molecular flexibility index (Phi) is 11.5. The molecule has 0 atom stereocenters. The van der Waals surface area contributed by atoms with Gasteiger partial charge in [0.05, 0.1) is 37.6 Å². The van der Waals surface area contributed by atoms with Crippen LogP contribution in [0.4, 0.5) is 0 Å². The van der Waals surface area contributed by atoms with Crippen LogP contribution in [0.15, 0.2) is 24.3 Å². The molecule has 0 aromatic rings. The molecule has 0 heterocycles. The third kappa shape index (κ3) is 8.04. The van der Waals surface area contributed by atoms with Crippen molar-refractivity contribution in [2.24, 2.45) is 29.6 Å². The topological polar surface area (TPSA) is 93.1 Å². The van der Waals surface area contributed by atoms with Crippen molar-refractivity contribution in [3.8, 4) is 0 Å². The number of aliphatic hydroxyl groups excluding tert-OH is 2. The Labute approximate surface area is 193 Å². The van der Waals surface area contributed by atoms with Gasteiger partial charge in [0.15, 0.2) is 0 Å². The van der Waals surface area contributed by atoms with Crippen LogP contribution >= 0.6 is 0 Å². The first kappa shape index (κ1) is 26.6. The zero-order valence-electron chi connectivity index (χ0n) is 19.7. The summed E-state index contributed by atoms with van der Waals surface area (Å²) in [5, 5.41) is 18.2. The lowest BCUT2D eigenvalue weighted by molar-refractivity contribution is -0.146. The molecule has 0 spiro atoms. The molecule has 0 radical (unpaired) electrons. The van der Waals surface area contributed by atoms with Crippen LogP contribution < -0.4 is 0 Å². The molecule has 0 saturated heterocycles. The first-order valence-corrected chi connectivity index (χ1v) is 12.3. The monoisotopic (exact) mass is 450 g/mol. The van der Waals surface area contributed by atoms with Crippen LogP contribution in [0, 0.1) is 29.6 Å². The van der Waals surface area contributed by atoms with Crippen molar-refractivity contribution >= 4 is 11.9 Å². The smallest absolute Gasteiger partial charge is 0.335 e. The molecule has 2 rings (SSSR count). The summed E-state index contributed by atoms with van der Waals surface area (Å²) >= 11 is 0. The third-order valence-electron chi connectivity index (χ3n) is 7.55. The van der Waals surface area contributed by atoms with Crippen molar-refractivity contribution < 1.29 is 29.3 Å². The van der Waals surface area contributed by atoms with Crippen molar-refractivity contribution in [2.75, 3.05) is 26.4 Å². The highest BCUT2D eigenvalue weighted by Crippen LogP contribution is 2.43. The van der Waals surface area contributed by atoms with E-state index in [0.29, 0.717) is 5.92 Å². The van der Waals surface area contributed by atoms with E-state index >= 15 is 0 Å². The van der Waals surface area contributed by atoms with Gasteiger partial charge in [0, 0.05) is 5.92 Å². The van der Waals surface area contributed by atoms with Gasteiger partial charge in [0.2, 0.25) is 0 Å².